The Morgan fingerprint density at radius 2 is 1.81 bits per heavy atom. The standard InChI is InChI=1S/C28H28N6O2/c1-3-26(35)33(2)23-13-14-34(18-23)25-12-9-20-15-22(10-11-24(20)32-25)31-28(36)27-29-16-21(17-30-27)19-7-5-4-6-8-19/h4-12,15-17,23H,3,13-14,18H2,1-2H3,(H,31,36)/t23-/m1/s1. The number of anilines is 2. The first-order valence-corrected chi connectivity index (χ1v) is 12.1. The van der Waals surface area contributed by atoms with E-state index < -0.39 is 0 Å². The number of fused-ring (bicyclic) bond motifs is 1. The molecule has 0 saturated carbocycles. The van der Waals surface area contributed by atoms with Gasteiger partial charge in [0.2, 0.25) is 11.7 Å². The van der Waals surface area contributed by atoms with Crippen LogP contribution in [0.15, 0.2) is 73.1 Å². The first-order chi connectivity index (χ1) is 17.5. The molecule has 36 heavy (non-hydrogen) atoms. The highest BCUT2D eigenvalue weighted by Crippen LogP contribution is 2.25. The molecule has 5 rings (SSSR count). The summed E-state index contributed by atoms with van der Waals surface area (Å²) >= 11 is 0. The highest BCUT2D eigenvalue weighted by molar-refractivity contribution is 6.02. The van der Waals surface area contributed by atoms with Crippen molar-refractivity contribution >= 4 is 34.2 Å². The van der Waals surface area contributed by atoms with Crippen LogP contribution >= 0.6 is 0 Å². The molecule has 0 bridgehead atoms. The Labute approximate surface area is 210 Å². The van der Waals surface area contributed by atoms with E-state index in [9.17, 15) is 9.59 Å². The predicted molar refractivity (Wildman–Crippen MR) is 141 cm³/mol. The number of carbonyl (C=O) groups is 2. The molecule has 1 atom stereocenters. The zero-order valence-electron chi connectivity index (χ0n) is 20.4. The van der Waals surface area contributed by atoms with Gasteiger partial charge in [0.1, 0.15) is 5.82 Å². The van der Waals surface area contributed by atoms with Crippen molar-refractivity contribution in [2.75, 3.05) is 30.4 Å². The normalized spacial score (nSPS) is 15.2. The van der Waals surface area contributed by atoms with Crippen LogP contribution in [-0.4, -0.2) is 57.8 Å². The number of likely N-dealkylation sites (N-methyl/N-ethyl adjacent to an activating group) is 1. The number of aromatic nitrogens is 3. The monoisotopic (exact) mass is 480 g/mol. The highest BCUT2D eigenvalue weighted by atomic mass is 16.2. The molecule has 3 heterocycles. The van der Waals surface area contributed by atoms with Crippen LogP contribution in [-0.2, 0) is 4.79 Å². The van der Waals surface area contributed by atoms with Crippen molar-refractivity contribution in [3.8, 4) is 11.1 Å². The third-order valence-electron chi connectivity index (χ3n) is 6.63. The summed E-state index contributed by atoms with van der Waals surface area (Å²) in [6, 6.07) is 19.6. The van der Waals surface area contributed by atoms with Crippen molar-refractivity contribution in [3.63, 3.8) is 0 Å². The molecular weight excluding hydrogens is 452 g/mol. The quantitative estimate of drug-likeness (QED) is 0.440. The van der Waals surface area contributed by atoms with Gasteiger partial charge < -0.3 is 15.1 Å². The second kappa shape index (κ2) is 10.1. The molecule has 1 saturated heterocycles. The van der Waals surface area contributed by atoms with Gasteiger partial charge in [-0.3, -0.25) is 9.59 Å². The van der Waals surface area contributed by atoms with Gasteiger partial charge in [-0.05, 0) is 42.3 Å². The van der Waals surface area contributed by atoms with Crippen LogP contribution in [0.5, 0.6) is 0 Å². The van der Waals surface area contributed by atoms with Crippen LogP contribution in [0.2, 0.25) is 0 Å². The van der Waals surface area contributed by atoms with E-state index in [2.05, 4.69) is 20.2 Å². The third kappa shape index (κ3) is 4.88. The van der Waals surface area contributed by atoms with Gasteiger partial charge in [-0.1, -0.05) is 37.3 Å². The Morgan fingerprint density at radius 3 is 2.56 bits per heavy atom. The molecule has 1 fully saturated rings. The first-order valence-electron chi connectivity index (χ1n) is 12.1. The van der Waals surface area contributed by atoms with Gasteiger partial charge in [0.05, 0.1) is 11.6 Å². The van der Waals surface area contributed by atoms with Crippen LogP contribution in [0.25, 0.3) is 22.0 Å². The maximum absolute atomic E-state index is 12.7. The molecule has 8 heteroatoms. The molecule has 1 aliphatic heterocycles. The molecule has 0 aliphatic carbocycles. The second-order valence-corrected chi connectivity index (χ2v) is 8.94. The van der Waals surface area contributed by atoms with Crippen molar-refractivity contribution in [1.82, 2.24) is 19.9 Å². The summed E-state index contributed by atoms with van der Waals surface area (Å²) in [6.07, 6.45) is 4.76. The fraction of sp³-hybridized carbons (Fsp3) is 0.250. The lowest BCUT2D eigenvalue weighted by atomic mass is 10.1. The van der Waals surface area contributed by atoms with E-state index in [-0.39, 0.29) is 23.7 Å². The van der Waals surface area contributed by atoms with Gasteiger partial charge in [-0.2, -0.15) is 0 Å². The van der Waals surface area contributed by atoms with Gasteiger partial charge in [0.25, 0.3) is 5.91 Å². The Morgan fingerprint density at radius 1 is 1.03 bits per heavy atom. The number of nitrogens with zero attached hydrogens (tertiary/aromatic N) is 5. The number of pyridine rings is 1. The number of nitrogens with one attached hydrogen (secondary N) is 1. The minimum absolute atomic E-state index is 0.110. The van der Waals surface area contributed by atoms with E-state index in [1.165, 1.54) is 0 Å². The van der Waals surface area contributed by atoms with Crippen molar-refractivity contribution in [1.29, 1.82) is 0 Å². The van der Waals surface area contributed by atoms with E-state index >= 15 is 0 Å². The molecule has 0 unspecified atom stereocenters. The van der Waals surface area contributed by atoms with E-state index in [1.807, 2.05) is 79.5 Å². The molecule has 2 aromatic carbocycles. The molecule has 2 aromatic heterocycles. The largest absolute Gasteiger partial charge is 0.354 e. The Balaban J connectivity index is 1.26. The summed E-state index contributed by atoms with van der Waals surface area (Å²) in [5.74, 6) is 0.803. The summed E-state index contributed by atoms with van der Waals surface area (Å²) in [7, 11) is 1.88. The van der Waals surface area contributed by atoms with E-state index in [0.29, 0.717) is 12.1 Å². The van der Waals surface area contributed by atoms with E-state index in [4.69, 9.17) is 4.98 Å². The SMILES string of the molecule is CCC(=O)N(C)[C@@H]1CCN(c2ccc3cc(NC(=O)c4ncc(-c5ccccc5)cn4)ccc3n2)C1. The number of rotatable bonds is 6. The fourth-order valence-corrected chi connectivity index (χ4v) is 4.50. The molecule has 1 aliphatic rings. The number of hydrogen-bond donors (Lipinski definition) is 1. The first kappa shape index (κ1) is 23.4. The Hall–Kier alpha value is -4.33. The van der Waals surface area contributed by atoms with Crippen molar-refractivity contribution in [3.05, 3.63) is 78.9 Å². The zero-order valence-corrected chi connectivity index (χ0v) is 20.4. The lowest BCUT2D eigenvalue weighted by Crippen LogP contribution is -2.38. The second-order valence-electron chi connectivity index (χ2n) is 8.94. The molecule has 2 amide bonds. The molecule has 8 nitrogen and oxygen atoms in total. The van der Waals surface area contributed by atoms with Gasteiger partial charge in [-0.15, -0.1) is 0 Å². The van der Waals surface area contributed by atoms with Crippen molar-refractivity contribution in [2.45, 2.75) is 25.8 Å². The number of hydrogen-bond acceptors (Lipinski definition) is 6. The third-order valence-corrected chi connectivity index (χ3v) is 6.63. The fourth-order valence-electron chi connectivity index (χ4n) is 4.50. The number of benzene rings is 2. The van der Waals surface area contributed by atoms with Crippen LogP contribution < -0.4 is 10.2 Å². The van der Waals surface area contributed by atoms with Crippen molar-refractivity contribution < 1.29 is 9.59 Å². The molecule has 0 radical (unpaired) electrons. The summed E-state index contributed by atoms with van der Waals surface area (Å²) in [5, 5.41) is 3.80. The molecule has 182 valence electrons. The molecular formula is C28H28N6O2. The number of carbonyl (C=O) groups excluding carboxylic acids is 2. The molecule has 1 N–H and O–H groups in total. The summed E-state index contributed by atoms with van der Waals surface area (Å²) in [4.78, 5) is 42.1. The Kier molecular flexibility index (Phi) is 6.58. The smallest absolute Gasteiger partial charge is 0.293 e. The van der Waals surface area contributed by atoms with Gasteiger partial charge >= 0.3 is 0 Å². The average molecular weight is 481 g/mol. The van der Waals surface area contributed by atoms with Crippen LogP contribution in [0, 0.1) is 0 Å². The van der Waals surface area contributed by atoms with Crippen LogP contribution in [0.4, 0.5) is 11.5 Å². The summed E-state index contributed by atoms with van der Waals surface area (Å²) in [5.41, 5.74) is 3.35. The minimum atomic E-state index is -0.368. The van der Waals surface area contributed by atoms with Crippen molar-refractivity contribution in [2.24, 2.45) is 0 Å². The summed E-state index contributed by atoms with van der Waals surface area (Å²) in [6.45, 7) is 3.53. The average Bonchev–Trinajstić information content (AvgIpc) is 3.43. The van der Waals surface area contributed by atoms with Gasteiger partial charge in [0.15, 0.2) is 0 Å². The van der Waals surface area contributed by atoms with Gasteiger partial charge in [-0.25, -0.2) is 15.0 Å². The molecule has 4 aromatic rings. The number of amides is 2. The highest BCUT2D eigenvalue weighted by Gasteiger charge is 2.28. The topological polar surface area (TPSA) is 91.3 Å². The van der Waals surface area contributed by atoms with Crippen LogP contribution in [0.1, 0.15) is 30.4 Å². The predicted octanol–water partition coefficient (Wildman–Crippen LogP) is 4.39. The Bertz CT molecular complexity index is 1390. The lowest BCUT2D eigenvalue weighted by molar-refractivity contribution is -0.131. The maximum atomic E-state index is 12.7. The zero-order chi connectivity index (χ0) is 25.1. The minimum Gasteiger partial charge on any atom is -0.354 e. The summed E-state index contributed by atoms with van der Waals surface area (Å²) < 4.78 is 0. The van der Waals surface area contributed by atoms with Gasteiger partial charge in [0, 0.05) is 55.6 Å². The van der Waals surface area contributed by atoms with E-state index in [1.54, 1.807) is 12.4 Å². The molecule has 0 spiro atoms. The van der Waals surface area contributed by atoms with E-state index in [0.717, 1.165) is 47.4 Å². The lowest BCUT2D eigenvalue weighted by Gasteiger charge is -2.25. The maximum Gasteiger partial charge on any atom is 0.293 e. The van der Waals surface area contributed by atoms with Crippen LogP contribution in [0.3, 0.4) is 0 Å².